The maximum absolute atomic E-state index is 13.0. The average molecular weight is 448 g/mol. The highest BCUT2D eigenvalue weighted by molar-refractivity contribution is 6.21. The molecule has 33 heavy (non-hydrogen) atoms. The summed E-state index contributed by atoms with van der Waals surface area (Å²) in [7, 11) is 0. The van der Waals surface area contributed by atoms with Crippen LogP contribution >= 0.6 is 0 Å². The van der Waals surface area contributed by atoms with Crippen LogP contribution in [0.25, 0.3) is 0 Å². The topological polar surface area (TPSA) is 93.2 Å². The summed E-state index contributed by atoms with van der Waals surface area (Å²) in [5.41, 5.74) is 1.36. The van der Waals surface area contributed by atoms with Crippen molar-refractivity contribution < 1.29 is 28.7 Å². The molecule has 2 aromatic carbocycles. The zero-order valence-corrected chi connectivity index (χ0v) is 18.1. The van der Waals surface area contributed by atoms with Crippen molar-refractivity contribution >= 4 is 23.5 Å². The van der Waals surface area contributed by atoms with Crippen LogP contribution < -0.4 is 9.47 Å². The number of amides is 3. The van der Waals surface area contributed by atoms with Gasteiger partial charge >= 0.3 is 0 Å². The third-order valence-electron chi connectivity index (χ3n) is 6.47. The fourth-order valence-electron chi connectivity index (χ4n) is 4.63. The summed E-state index contributed by atoms with van der Waals surface area (Å²) in [4.78, 5) is 53.5. The van der Waals surface area contributed by atoms with E-state index < -0.39 is 0 Å². The number of Topliss-reactive ketones (excluding diaryl/α,β-unsaturated/α-hetero) is 1. The number of likely N-dealkylation sites (tertiary alicyclic amines) is 1. The summed E-state index contributed by atoms with van der Waals surface area (Å²) < 4.78 is 11.1. The zero-order chi connectivity index (χ0) is 22.9. The number of piperidine rings is 1. The Morgan fingerprint density at radius 1 is 0.879 bits per heavy atom. The molecule has 0 spiro atoms. The Balaban J connectivity index is 1.14. The summed E-state index contributed by atoms with van der Waals surface area (Å²) in [5, 5.41) is 0. The van der Waals surface area contributed by atoms with Gasteiger partial charge in [0.25, 0.3) is 11.8 Å². The van der Waals surface area contributed by atoms with Gasteiger partial charge in [-0.1, -0.05) is 12.1 Å². The highest BCUT2D eigenvalue weighted by Crippen LogP contribution is 2.32. The Hall–Kier alpha value is -3.68. The normalized spacial score (nSPS) is 17.8. The molecular formula is C25H24N2O6. The first-order valence-electron chi connectivity index (χ1n) is 11.2. The van der Waals surface area contributed by atoms with E-state index in [1.807, 2.05) is 0 Å². The lowest BCUT2D eigenvalue weighted by Gasteiger charge is -2.32. The molecular weight excluding hydrogens is 424 g/mol. The van der Waals surface area contributed by atoms with Crippen molar-refractivity contribution in [2.75, 3.05) is 32.8 Å². The van der Waals surface area contributed by atoms with E-state index in [4.69, 9.17) is 9.47 Å². The molecule has 3 heterocycles. The molecule has 3 aliphatic heterocycles. The minimum atomic E-state index is -0.355. The van der Waals surface area contributed by atoms with Crippen molar-refractivity contribution in [1.29, 1.82) is 0 Å². The highest BCUT2D eigenvalue weighted by Gasteiger charge is 2.36. The molecule has 1 fully saturated rings. The number of ketones is 1. The summed E-state index contributed by atoms with van der Waals surface area (Å²) in [6.45, 7) is 1.97. The van der Waals surface area contributed by atoms with Gasteiger partial charge in [0.2, 0.25) is 5.91 Å². The van der Waals surface area contributed by atoms with Gasteiger partial charge < -0.3 is 14.4 Å². The summed E-state index contributed by atoms with van der Waals surface area (Å²) >= 11 is 0. The molecule has 0 aromatic heterocycles. The van der Waals surface area contributed by atoms with Crippen LogP contribution in [0.1, 0.15) is 50.3 Å². The number of imide groups is 1. The lowest BCUT2D eigenvalue weighted by molar-refractivity contribution is -0.132. The van der Waals surface area contributed by atoms with Gasteiger partial charge in [0.15, 0.2) is 17.3 Å². The second-order valence-electron chi connectivity index (χ2n) is 8.44. The van der Waals surface area contributed by atoms with Gasteiger partial charge in [0, 0.05) is 37.5 Å². The average Bonchev–Trinajstić information content (AvgIpc) is 3.11. The van der Waals surface area contributed by atoms with Crippen LogP contribution in [-0.2, 0) is 4.79 Å². The second kappa shape index (κ2) is 8.69. The minimum absolute atomic E-state index is 0.0464. The first-order valence-corrected chi connectivity index (χ1v) is 11.2. The molecule has 3 aliphatic rings. The van der Waals surface area contributed by atoms with Crippen LogP contribution in [0, 0.1) is 5.92 Å². The van der Waals surface area contributed by atoms with Crippen LogP contribution in [0.3, 0.4) is 0 Å². The predicted molar refractivity (Wildman–Crippen MR) is 117 cm³/mol. The molecule has 8 nitrogen and oxygen atoms in total. The minimum Gasteiger partial charge on any atom is -0.486 e. The lowest BCUT2D eigenvalue weighted by Crippen LogP contribution is -2.42. The molecule has 5 rings (SSSR count). The Labute approximate surface area is 191 Å². The molecule has 8 heteroatoms. The van der Waals surface area contributed by atoms with E-state index in [2.05, 4.69) is 0 Å². The Morgan fingerprint density at radius 2 is 1.52 bits per heavy atom. The molecule has 0 radical (unpaired) electrons. The molecule has 0 atom stereocenters. The van der Waals surface area contributed by atoms with E-state index in [-0.39, 0.29) is 42.4 Å². The Bertz CT molecular complexity index is 1100. The summed E-state index contributed by atoms with van der Waals surface area (Å²) in [5.74, 6) is 0.304. The van der Waals surface area contributed by atoms with Gasteiger partial charge in [-0.25, -0.2) is 0 Å². The van der Waals surface area contributed by atoms with E-state index in [0.717, 1.165) is 4.90 Å². The van der Waals surface area contributed by atoms with Gasteiger partial charge in [-0.3, -0.25) is 24.1 Å². The fraction of sp³-hybridized carbons (Fsp3) is 0.360. The van der Waals surface area contributed by atoms with Crippen molar-refractivity contribution in [3.63, 3.8) is 0 Å². The Morgan fingerprint density at radius 3 is 2.18 bits per heavy atom. The van der Waals surface area contributed by atoms with Gasteiger partial charge in [-0.15, -0.1) is 0 Å². The quantitative estimate of drug-likeness (QED) is 0.516. The Kier molecular flexibility index (Phi) is 5.58. The van der Waals surface area contributed by atoms with Crippen molar-refractivity contribution in [3.05, 3.63) is 59.2 Å². The molecule has 0 N–H and O–H groups in total. The highest BCUT2D eigenvalue weighted by atomic mass is 16.6. The number of rotatable bonds is 5. The summed E-state index contributed by atoms with van der Waals surface area (Å²) in [6, 6.07) is 11.9. The first kappa shape index (κ1) is 21.2. The number of nitrogens with zero attached hydrogens (tertiary/aromatic N) is 2. The monoisotopic (exact) mass is 448 g/mol. The fourth-order valence-corrected chi connectivity index (χ4v) is 4.63. The van der Waals surface area contributed by atoms with E-state index in [0.29, 0.717) is 67.3 Å². The van der Waals surface area contributed by atoms with Crippen LogP contribution in [0.5, 0.6) is 11.5 Å². The number of hydrogen-bond donors (Lipinski definition) is 0. The van der Waals surface area contributed by atoms with Crippen LogP contribution in [-0.4, -0.2) is 66.2 Å². The number of benzene rings is 2. The van der Waals surface area contributed by atoms with E-state index in [9.17, 15) is 19.2 Å². The van der Waals surface area contributed by atoms with Crippen molar-refractivity contribution in [2.45, 2.75) is 19.3 Å². The first-order chi connectivity index (χ1) is 16.0. The number of fused-ring (bicyclic) bond motifs is 2. The van der Waals surface area contributed by atoms with Gasteiger partial charge in [-0.05, 0) is 43.2 Å². The molecule has 0 saturated carbocycles. The number of carbonyl (C=O) groups excluding carboxylic acids is 4. The number of ether oxygens (including phenoxy) is 2. The molecule has 1 saturated heterocycles. The predicted octanol–water partition coefficient (Wildman–Crippen LogP) is 2.57. The van der Waals surface area contributed by atoms with E-state index >= 15 is 0 Å². The zero-order valence-electron chi connectivity index (χ0n) is 18.1. The molecule has 0 aliphatic carbocycles. The van der Waals surface area contributed by atoms with Crippen molar-refractivity contribution in [2.24, 2.45) is 5.92 Å². The lowest BCUT2D eigenvalue weighted by atomic mass is 9.88. The maximum atomic E-state index is 13.0. The smallest absolute Gasteiger partial charge is 0.261 e. The van der Waals surface area contributed by atoms with Gasteiger partial charge in [-0.2, -0.15) is 0 Å². The number of hydrogen-bond acceptors (Lipinski definition) is 6. The molecule has 170 valence electrons. The molecule has 2 aromatic rings. The van der Waals surface area contributed by atoms with Crippen molar-refractivity contribution in [3.8, 4) is 11.5 Å². The van der Waals surface area contributed by atoms with E-state index in [1.165, 1.54) is 0 Å². The van der Waals surface area contributed by atoms with Crippen LogP contribution in [0.4, 0.5) is 0 Å². The SMILES string of the molecule is O=C(c1ccc2c(c1)OCCO2)C1CCN(C(=O)CCN2C(=O)c3ccccc3C2=O)CC1. The van der Waals surface area contributed by atoms with Gasteiger partial charge in [0.1, 0.15) is 13.2 Å². The summed E-state index contributed by atoms with van der Waals surface area (Å²) in [6.07, 6.45) is 1.23. The largest absolute Gasteiger partial charge is 0.486 e. The van der Waals surface area contributed by atoms with Crippen LogP contribution in [0.2, 0.25) is 0 Å². The second-order valence-corrected chi connectivity index (χ2v) is 8.44. The van der Waals surface area contributed by atoms with E-state index in [1.54, 1.807) is 47.4 Å². The number of carbonyl (C=O) groups is 4. The van der Waals surface area contributed by atoms with Gasteiger partial charge in [0.05, 0.1) is 11.1 Å². The maximum Gasteiger partial charge on any atom is 0.261 e. The third-order valence-corrected chi connectivity index (χ3v) is 6.47. The van der Waals surface area contributed by atoms with Crippen molar-refractivity contribution in [1.82, 2.24) is 9.80 Å². The third kappa shape index (κ3) is 3.97. The van der Waals surface area contributed by atoms with Crippen LogP contribution in [0.15, 0.2) is 42.5 Å². The molecule has 0 bridgehead atoms. The molecule has 3 amide bonds. The standard InChI is InChI=1S/C25H24N2O6/c28-22(9-12-27-24(30)18-3-1-2-4-19(18)25(27)31)26-10-7-16(8-11-26)23(29)17-5-6-20-21(15-17)33-14-13-32-20/h1-6,15-16H,7-14H2. The molecule has 0 unspecified atom stereocenters.